The summed E-state index contributed by atoms with van der Waals surface area (Å²) < 4.78 is 4.64. The number of carbonyl (C=O) groups excluding carboxylic acids is 1. The Kier molecular flexibility index (Phi) is 9.13. The normalized spacial score (nSPS) is 11.5. The molecule has 0 aromatic heterocycles. The standard InChI is InChI=1S/C5H11NO2S.ClH/c1-2-8-5(7)4(6)3-9;/h4,9H,2-3,6H2,1H3;1H/t4-;/m0./s1. The van der Waals surface area contributed by atoms with Crippen molar-refractivity contribution in [3.63, 3.8) is 0 Å². The van der Waals surface area contributed by atoms with Gasteiger partial charge in [0.25, 0.3) is 0 Å². The molecule has 3 N–H and O–H groups in total. The van der Waals surface area contributed by atoms with Crippen LogP contribution in [0.15, 0.2) is 0 Å². The topological polar surface area (TPSA) is 53.9 Å². The number of rotatable bonds is 3. The highest BCUT2D eigenvalue weighted by atomic mass is 35.5. The number of thiol groups is 1. The first-order valence-corrected chi connectivity index (χ1v) is 3.46. The summed E-state index contributed by atoms with van der Waals surface area (Å²) in [7, 11) is 0. The molecule has 0 bridgehead atoms. The van der Waals surface area contributed by atoms with Crippen LogP contribution in [0.2, 0.25) is 0 Å². The number of ether oxygens (including phenoxy) is 1. The number of hydrogen-bond donors (Lipinski definition) is 2. The van der Waals surface area contributed by atoms with E-state index in [1.54, 1.807) is 6.92 Å². The Morgan fingerprint density at radius 1 is 1.80 bits per heavy atom. The van der Waals surface area contributed by atoms with E-state index < -0.39 is 0 Å². The molecule has 62 valence electrons. The minimum absolute atomic E-state index is 0. The van der Waals surface area contributed by atoms with Gasteiger partial charge in [-0.3, -0.25) is 0 Å². The SMILES string of the molecule is CCOC(=O)[C@@H]([NH3+])CS.[Cl-]. The summed E-state index contributed by atoms with van der Waals surface area (Å²) in [6.45, 7) is 2.18. The lowest BCUT2D eigenvalue weighted by atomic mass is 10.4. The fourth-order valence-electron chi connectivity index (χ4n) is 0.335. The van der Waals surface area contributed by atoms with Crippen molar-refractivity contribution in [2.75, 3.05) is 12.4 Å². The zero-order chi connectivity index (χ0) is 7.28. The van der Waals surface area contributed by atoms with Gasteiger partial charge in [0, 0.05) is 0 Å². The number of carbonyl (C=O) groups is 1. The van der Waals surface area contributed by atoms with Gasteiger partial charge >= 0.3 is 5.97 Å². The summed E-state index contributed by atoms with van der Waals surface area (Å²) in [4.78, 5) is 10.6. The molecule has 0 saturated carbocycles. The molecule has 0 fully saturated rings. The van der Waals surface area contributed by atoms with Crippen LogP contribution in [0.1, 0.15) is 6.92 Å². The Balaban J connectivity index is 0. The monoisotopic (exact) mass is 185 g/mol. The molecule has 0 aromatic rings. The molecule has 0 aliphatic carbocycles. The Bertz CT molecular complexity index is 102. The van der Waals surface area contributed by atoms with Gasteiger partial charge in [-0.2, -0.15) is 12.6 Å². The minimum atomic E-state index is -0.326. The van der Waals surface area contributed by atoms with Gasteiger partial charge in [0.2, 0.25) is 0 Å². The van der Waals surface area contributed by atoms with Crippen LogP contribution in [-0.4, -0.2) is 24.4 Å². The van der Waals surface area contributed by atoms with Crippen molar-refractivity contribution in [3.05, 3.63) is 0 Å². The van der Waals surface area contributed by atoms with Crippen molar-refractivity contribution in [1.82, 2.24) is 0 Å². The van der Waals surface area contributed by atoms with E-state index >= 15 is 0 Å². The molecule has 0 aliphatic heterocycles. The molecule has 3 nitrogen and oxygen atoms in total. The fourth-order valence-corrected chi connectivity index (χ4v) is 0.484. The highest BCUT2D eigenvalue weighted by Gasteiger charge is 2.14. The number of halogens is 1. The molecule has 0 radical (unpaired) electrons. The average Bonchev–Trinajstić information content (AvgIpc) is 1.87. The zero-order valence-corrected chi connectivity index (χ0v) is 7.49. The summed E-state index contributed by atoms with van der Waals surface area (Å²) in [6, 6.07) is -0.326. The maximum atomic E-state index is 10.6. The lowest BCUT2D eigenvalue weighted by Crippen LogP contribution is -3.00. The van der Waals surface area contributed by atoms with Gasteiger partial charge in [-0.1, -0.05) is 0 Å². The van der Waals surface area contributed by atoms with Crippen molar-refractivity contribution < 1.29 is 27.7 Å². The number of quaternary nitrogens is 1. The first kappa shape index (κ1) is 12.7. The van der Waals surface area contributed by atoms with Gasteiger partial charge in [0.15, 0.2) is 6.04 Å². The van der Waals surface area contributed by atoms with Gasteiger partial charge in [-0.15, -0.1) is 0 Å². The van der Waals surface area contributed by atoms with Gasteiger partial charge in [0.1, 0.15) is 0 Å². The van der Waals surface area contributed by atoms with Crippen molar-refractivity contribution in [2.45, 2.75) is 13.0 Å². The van der Waals surface area contributed by atoms with Crippen molar-refractivity contribution in [2.24, 2.45) is 0 Å². The van der Waals surface area contributed by atoms with E-state index in [4.69, 9.17) is 0 Å². The van der Waals surface area contributed by atoms with Crippen LogP contribution in [0, 0.1) is 0 Å². The van der Waals surface area contributed by atoms with Crippen LogP contribution in [0.25, 0.3) is 0 Å². The molecule has 10 heavy (non-hydrogen) atoms. The Hall–Kier alpha value is 0.0700. The molecule has 0 saturated heterocycles. The van der Waals surface area contributed by atoms with Gasteiger partial charge in [-0.25, -0.2) is 4.79 Å². The van der Waals surface area contributed by atoms with Crippen LogP contribution in [0.5, 0.6) is 0 Å². The van der Waals surface area contributed by atoms with Crippen molar-refractivity contribution in [1.29, 1.82) is 0 Å². The largest absolute Gasteiger partial charge is 1.00 e. The van der Waals surface area contributed by atoms with Gasteiger partial charge < -0.3 is 22.9 Å². The second-order valence-corrected chi connectivity index (χ2v) is 2.00. The fraction of sp³-hybridized carbons (Fsp3) is 0.800. The highest BCUT2D eigenvalue weighted by Crippen LogP contribution is 1.85. The average molecular weight is 186 g/mol. The van der Waals surface area contributed by atoms with Crippen LogP contribution in [0.4, 0.5) is 0 Å². The van der Waals surface area contributed by atoms with Crippen molar-refractivity contribution in [3.8, 4) is 0 Å². The van der Waals surface area contributed by atoms with Gasteiger partial charge in [-0.05, 0) is 6.92 Å². The van der Waals surface area contributed by atoms with E-state index in [0.717, 1.165) is 0 Å². The molecular weight excluding hydrogens is 174 g/mol. The minimum Gasteiger partial charge on any atom is -1.00 e. The van der Waals surface area contributed by atoms with E-state index in [2.05, 4.69) is 23.1 Å². The molecule has 0 spiro atoms. The van der Waals surface area contributed by atoms with E-state index in [-0.39, 0.29) is 24.4 Å². The van der Waals surface area contributed by atoms with E-state index in [1.165, 1.54) is 0 Å². The molecule has 1 atom stereocenters. The predicted molar refractivity (Wildman–Crippen MR) is 37.2 cm³/mol. The van der Waals surface area contributed by atoms with Crippen LogP contribution in [-0.2, 0) is 9.53 Å². The molecular formula is C5H12ClNO2S. The summed E-state index contributed by atoms with van der Waals surface area (Å²) >= 11 is 3.88. The molecule has 0 heterocycles. The first-order chi connectivity index (χ1) is 4.22. The number of esters is 1. The molecule has 0 unspecified atom stereocenters. The Morgan fingerprint density at radius 3 is 2.60 bits per heavy atom. The molecule has 0 aromatic carbocycles. The maximum Gasteiger partial charge on any atom is 0.365 e. The second-order valence-electron chi connectivity index (χ2n) is 1.63. The smallest absolute Gasteiger partial charge is 0.365 e. The maximum absolute atomic E-state index is 10.6. The van der Waals surface area contributed by atoms with Crippen LogP contribution in [0.3, 0.4) is 0 Å². The van der Waals surface area contributed by atoms with E-state index in [9.17, 15) is 4.79 Å². The quantitative estimate of drug-likeness (QED) is 0.349. The van der Waals surface area contributed by atoms with Crippen LogP contribution >= 0.6 is 12.6 Å². The third-order valence-electron chi connectivity index (χ3n) is 0.840. The predicted octanol–water partition coefficient (Wildman–Crippen LogP) is -3.91. The van der Waals surface area contributed by atoms with Crippen LogP contribution < -0.4 is 18.1 Å². The summed E-state index contributed by atoms with van der Waals surface area (Å²) in [6.07, 6.45) is 0. The first-order valence-electron chi connectivity index (χ1n) is 2.83. The highest BCUT2D eigenvalue weighted by molar-refractivity contribution is 7.80. The zero-order valence-electron chi connectivity index (χ0n) is 5.84. The van der Waals surface area contributed by atoms with Crippen molar-refractivity contribution >= 4 is 18.6 Å². The van der Waals surface area contributed by atoms with Gasteiger partial charge in [0.05, 0.1) is 12.4 Å². The third-order valence-corrected chi connectivity index (χ3v) is 1.28. The summed E-state index contributed by atoms with van der Waals surface area (Å²) in [5, 5.41) is 0. The summed E-state index contributed by atoms with van der Waals surface area (Å²) in [5.41, 5.74) is 3.52. The van der Waals surface area contributed by atoms with E-state index in [1.807, 2.05) is 0 Å². The Morgan fingerprint density at radius 2 is 2.30 bits per heavy atom. The second kappa shape index (κ2) is 7.18. The van der Waals surface area contributed by atoms with E-state index in [0.29, 0.717) is 12.4 Å². The number of hydrogen-bond acceptors (Lipinski definition) is 3. The lowest BCUT2D eigenvalue weighted by molar-refractivity contribution is -0.401. The lowest BCUT2D eigenvalue weighted by Gasteiger charge is -2.02. The molecule has 5 heteroatoms. The molecule has 0 amide bonds. The molecule has 0 aliphatic rings. The Labute approximate surface area is 72.1 Å². The molecule has 0 rings (SSSR count). The summed E-state index contributed by atoms with van der Waals surface area (Å²) in [5.74, 6) is 0.172. The third kappa shape index (κ3) is 4.90.